The average molecular weight is 340 g/mol. The molecule has 80 valence electrons. The van der Waals surface area contributed by atoms with E-state index in [4.69, 9.17) is 0 Å². The predicted molar refractivity (Wildman–Crippen MR) is 73.8 cm³/mol. The third-order valence-corrected chi connectivity index (χ3v) is 3.45. The van der Waals surface area contributed by atoms with E-state index in [-0.39, 0.29) is 0 Å². The molecule has 1 aromatic rings. The van der Waals surface area contributed by atoms with Crippen LogP contribution in [0.5, 0.6) is 0 Å². The van der Waals surface area contributed by atoms with E-state index in [1.165, 1.54) is 0 Å². The van der Waals surface area contributed by atoms with Crippen molar-refractivity contribution in [3.8, 4) is 0 Å². The highest BCUT2D eigenvalue weighted by molar-refractivity contribution is 14.1. The smallest absolute Gasteiger partial charge is 0.310 e. The molecule has 1 atom stereocenters. The molecule has 0 fully saturated rings. The van der Waals surface area contributed by atoms with E-state index >= 15 is 0 Å². The Balaban J connectivity index is 2.31. The van der Waals surface area contributed by atoms with E-state index in [2.05, 4.69) is 59.2 Å². The predicted octanol–water partition coefficient (Wildman–Crippen LogP) is 1.92. The molecule has 1 aromatic heterocycles. The molecule has 6 heteroatoms. The first kappa shape index (κ1) is 11.9. The van der Waals surface area contributed by atoms with E-state index < -0.39 is 0 Å². The van der Waals surface area contributed by atoms with Gasteiger partial charge in [-0.3, -0.25) is 3.53 Å². The van der Waals surface area contributed by atoms with E-state index in [9.17, 15) is 0 Å². The molecule has 0 spiro atoms. The number of aromatic nitrogens is 2. The lowest BCUT2D eigenvalue weighted by atomic mass is 10.1. The van der Waals surface area contributed by atoms with Crippen molar-refractivity contribution in [2.24, 2.45) is 0 Å². The Morgan fingerprint density at radius 3 is 3.06 bits per heavy atom. The van der Waals surface area contributed by atoms with Crippen molar-refractivity contribution in [1.29, 1.82) is 0 Å². The molecule has 1 unspecified atom stereocenters. The summed E-state index contributed by atoms with van der Waals surface area (Å²) in [6.45, 7) is 2.13. The van der Waals surface area contributed by atoms with Crippen LogP contribution in [-0.4, -0.2) is 36.4 Å². The third kappa shape index (κ3) is 2.56. The number of hydrogen-bond donors (Lipinski definition) is 1. The van der Waals surface area contributed by atoms with Crippen molar-refractivity contribution in [2.75, 3.05) is 3.53 Å². The van der Waals surface area contributed by atoms with Crippen LogP contribution >= 0.6 is 22.9 Å². The summed E-state index contributed by atoms with van der Waals surface area (Å²) in [5, 5.41) is 0. The minimum Gasteiger partial charge on any atom is -0.479 e. The summed E-state index contributed by atoms with van der Waals surface area (Å²) in [5.41, 5.74) is 2.01. The molecule has 2 radical (unpaired) electrons. The number of allylic oxidation sites excluding steroid dienone is 2. The van der Waals surface area contributed by atoms with Crippen molar-refractivity contribution in [1.82, 2.24) is 13.9 Å². The molecule has 1 aliphatic rings. The maximum absolute atomic E-state index is 4.39. The standard InChI is InChI=1S/C10H10IN4.Al/c1-7-2-3-8(6-13-7)9-4-5-12-10(14-9)15-11;/h2-7H,1H3,(H,12,14,15);/q-1;+1. The van der Waals surface area contributed by atoms with Gasteiger partial charge in [0, 0.05) is 17.8 Å². The second-order valence-electron chi connectivity index (χ2n) is 3.49. The number of nitrogens with one attached hydrogen (secondary N) is 1. The van der Waals surface area contributed by atoms with Gasteiger partial charge in [-0.2, -0.15) is 0 Å². The Hall–Kier alpha value is -0.578. The molecule has 1 N–H and O–H groups in total. The Morgan fingerprint density at radius 2 is 2.38 bits per heavy atom. The SMILES string of the molecule is CC1C=CC(c2ccnc(NI)n2)=C[N]1[Al]. The van der Waals surface area contributed by atoms with Crippen LogP contribution in [0.15, 0.2) is 30.6 Å². The van der Waals surface area contributed by atoms with Crippen LogP contribution in [0.25, 0.3) is 5.57 Å². The van der Waals surface area contributed by atoms with Gasteiger partial charge >= 0.3 is 16.5 Å². The second kappa shape index (κ2) is 5.17. The molecule has 0 bridgehead atoms. The first-order valence-corrected chi connectivity index (χ1v) is 6.43. The van der Waals surface area contributed by atoms with Gasteiger partial charge in [0.15, 0.2) is 0 Å². The molecule has 0 aromatic carbocycles. The van der Waals surface area contributed by atoms with Crippen molar-refractivity contribution in [2.45, 2.75) is 13.0 Å². The van der Waals surface area contributed by atoms with Gasteiger partial charge in [-0.1, -0.05) is 12.2 Å². The fraction of sp³-hybridized carbons (Fsp3) is 0.200. The highest BCUT2D eigenvalue weighted by atomic mass is 127. The fourth-order valence-corrected chi connectivity index (χ4v) is 1.90. The van der Waals surface area contributed by atoms with Crippen LogP contribution < -0.4 is 3.53 Å². The Kier molecular flexibility index (Phi) is 3.84. The van der Waals surface area contributed by atoms with E-state index in [0.29, 0.717) is 12.0 Å². The number of nitrogens with zero attached hydrogens (tertiary/aromatic N) is 3. The molecule has 16 heavy (non-hydrogen) atoms. The van der Waals surface area contributed by atoms with Gasteiger partial charge in [0.2, 0.25) is 5.95 Å². The molecule has 0 amide bonds. The van der Waals surface area contributed by atoms with Gasteiger partial charge < -0.3 is 3.88 Å². The Morgan fingerprint density at radius 1 is 1.56 bits per heavy atom. The van der Waals surface area contributed by atoms with E-state index in [0.717, 1.165) is 11.3 Å². The molecule has 0 aliphatic carbocycles. The van der Waals surface area contributed by atoms with E-state index in [1.807, 2.05) is 28.9 Å². The van der Waals surface area contributed by atoms with Crippen molar-refractivity contribution < 1.29 is 0 Å². The molecule has 2 rings (SSSR count). The van der Waals surface area contributed by atoms with Crippen LogP contribution in [0, 0.1) is 0 Å². The minimum atomic E-state index is 0.401. The van der Waals surface area contributed by atoms with Crippen molar-refractivity contribution in [3.63, 3.8) is 0 Å². The van der Waals surface area contributed by atoms with Gasteiger partial charge in [0.1, 0.15) is 0 Å². The van der Waals surface area contributed by atoms with Crippen LogP contribution in [0.3, 0.4) is 0 Å². The van der Waals surface area contributed by atoms with Crippen LogP contribution in [0.1, 0.15) is 12.6 Å². The maximum atomic E-state index is 4.39. The normalized spacial score (nSPS) is 19.5. The highest BCUT2D eigenvalue weighted by Gasteiger charge is 2.10. The summed E-state index contributed by atoms with van der Waals surface area (Å²) < 4.78 is 4.98. The first-order chi connectivity index (χ1) is 7.70. The lowest BCUT2D eigenvalue weighted by molar-refractivity contribution is 0.533. The Bertz CT molecular complexity index is 446. The molecular formula is C10H10AlIN4. The molecule has 0 saturated carbocycles. The lowest BCUT2D eigenvalue weighted by Gasteiger charge is -2.27. The summed E-state index contributed by atoms with van der Waals surface area (Å²) in [6.07, 6.45) is 8.05. The zero-order valence-electron chi connectivity index (χ0n) is 8.76. The van der Waals surface area contributed by atoms with Gasteiger partial charge in [-0.25, -0.2) is 9.97 Å². The zero-order valence-corrected chi connectivity index (χ0v) is 12.1. The number of hydrogen-bond acceptors (Lipinski definition) is 4. The monoisotopic (exact) mass is 340 g/mol. The number of anilines is 1. The van der Waals surface area contributed by atoms with Crippen LogP contribution in [0.4, 0.5) is 5.95 Å². The van der Waals surface area contributed by atoms with Crippen LogP contribution in [0.2, 0.25) is 0 Å². The third-order valence-electron chi connectivity index (χ3n) is 2.35. The number of halogens is 1. The summed E-state index contributed by atoms with van der Waals surface area (Å²) in [5.74, 6) is 0.626. The molecular weight excluding hydrogens is 330 g/mol. The van der Waals surface area contributed by atoms with Crippen molar-refractivity contribution >= 4 is 50.9 Å². The second-order valence-corrected chi connectivity index (χ2v) is 4.63. The number of rotatable bonds is 2. The van der Waals surface area contributed by atoms with Gasteiger partial charge in [0.05, 0.1) is 28.6 Å². The topological polar surface area (TPSA) is 41.1 Å². The largest absolute Gasteiger partial charge is 0.479 e. The lowest BCUT2D eigenvalue weighted by Crippen LogP contribution is -2.25. The van der Waals surface area contributed by atoms with Crippen molar-refractivity contribution in [3.05, 3.63) is 36.3 Å². The molecule has 1 aliphatic heterocycles. The van der Waals surface area contributed by atoms with Crippen LogP contribution in [-0.2, 0) is 0 Å². The first-order valence-electron chi connectivity index (χ1n) is 4.84. The zero-order chi connectivity index (χ0) is 11.5. The van der Waals surface area contributed by atoms with Gasteiger partial charge in [0.25, 0.3) is 0 Å². The molecule has 0 saturated heterocycles. The fourth-order valence-electron chi connectivity index (χ4n) is 1.38. The summed E-state index contributed by atoms with van der Waals surface area (Å²) in [4.78, 5) is 8.48. The molecule has 2 heterocycles. The summed E-state index contributed by atoms with van der Waals surface area (Å²) >= 11 is 4.71. The molecule has 4 nitrogen and oxygen atoms in total. The summed E-state index contributed by atoms with van der Waals surface area (Å²) in [7, 11) is 0. The quantitative estimate of drug-likeness (QED) is 0.508. The van der Waals surface area contributed by atoms with Gasteiger partial charge in [-0.15, -0.1) is 0 Å². The van der Waals surface area contributed by atoms with Gasteiger partial charge in [-0.05, 0) is 19.2 Å². The Labute approximate surface area is 117 Å². The average Bonchev–Trinajstić information content (AvgIpc) is 2.33. The maximum Gasteiger partial charge on any atom is 0.310 e. The van der Waals surface area contributed by atoms with E-state index in [1.54, 1.807) is 6.20 Å². The minimum absolute atomic E-state index is 0.401. The summed E-state index contributed by atoms with van der Waals surface area (Å²) in [6, 6.07) is 2.31. The highest BCUT2D eigenvalue weighted by Crippen LogP contribution is 2.20.